The van der Waals surface area contributed by atoms with E-state index in [0.717, 1.165) is 13.1 Å². The van der Waals surface area contributed by atoms with Gasteiger partial charge in [-0.15, -0.1) is 0 Å². The Morgan fingerprint density at radius 3 is 2.44 bits per heavy atom. The van der Waals surface area contributed by atoms with Crippen LogP contribution in [0.2, 0.25) is 0 Å². The Morgan fingerprint density at radius 2 is 2.00 bits per heavy atom. The van der Waals surface area contributed by atoms with Gasteiger partial charge in [-0.3, -0.25) is 4.79 Å². The maximum atomic E-state index is 10.7. The van der Waals surface area contributed by atoms with Crippen LogP contribution in [0.5, 0.6) is 0 Å². The number of carboxylic acids is 1. The van der Waals surface area contributed by atoms with Crippen LogP contribution in [-0.4, -0.2) is 42.3 Å². The topological polar surface area (TPSA) is 78.4 Å². The van der Waals surface area contributed by atoms with Crippen LogP contribution in [0.3, 0.4) is 0 Å². The summed E-state index contributed by atoms with van der Waals surface area (Å²) >= 11 is 0. The second kappa shape index (κ2) is 6.31. The Balaban J connectivity index is 0.000000293. The maximum absolute atomic E-state index is 10.7. The van der Waals surface area contributed by atoms with Gasteiger partial charge >= 0.3 is 12.1 Å². The molecule has 16 heavy (non-hydrogen) atoms. The van der Waals surface area contributed by atoms with E-state index in [1.165, 1.54) is 0 Å². The van der Waals surface area contributed by atoms with Crippen LogP contribution in [0, 0.1) is 0 Å². The summed E-state index contributed by atoms with van der Waals surface area (Å²) in [6.07, 6.45) is -4.47. The van der Waals surface area contributed by atoms with Gasteiger partial charge < -0.3 is 15.7 Å². The fourth-order valence-corrected chi connectivity index (χ4v) is 0.860. The molecule has 1 amide bonds. The van der Waals surface area contributed by atoms with Gasteiger partial charge in [-0.25, -0.2) is 4.79 Å². The third-order valence-corrected chi connectivity index (χ3v) is 1.69. The average Bonchev–Trinajstić information content (AvgIpc) is 2.30. The van der Waals surface area contributed by atoms with Crippen molar-refractivity contribution in [2.45, 2.75) is 25.6 Å². The van der Waals surface area contributed by atoms with Crippen molar-refractivity contribution in [2.24, 2.45) is 0 Å². The van der Waals surface area contributed by atoms with Gasteiger partial charge in [-0.1, -0.05) is 0 Å². The van der Waals surface area contributed by atoms with E-state index >= 15 is 0 Å². The second-order valence-electron chi connectivity index (χ2n) is 3.21. The van der Waals surface area contributed by atoms with Gasteiger partial charge in [0.1, 0.15) is 0 Å². The Hall–Kier alpha value is -1.31. The first-order valence-electron chi connectivity index (χ1n) is 4.53. The molecule has 1 saturated heterocycles. The third-order valence-electron chi connectivity index (χ3n) is 1.69. The number of nitrogens with one attached hydrogen (secondary N) is 2. The van der Waals surface area contributed by atoms with Crippen LogP contribution in [-0.2, 0) is 9.59 Å². The molecule has 0 aliphatic carbocycles. The van der Waals surface area contributed by atoms with Gasteiger partial charge in [0.2, 0.25) is 5.91 Å². The Bertz CT molecular complexity index is 255. The lowest BCUT2D eigenvalue weighted by atomic mass is 10.3. The highest BCUT2D eigenvalue weighted by atomic mass is 19.4. The molecule has 0 bridgehead atoms. The molecule has 94 valence electrons. The highest BCUT2D eigenvalue weighted by Gasteiger charge is 2.38. The predicted molar refractivity (Wildman–Crippen MR) is 48.8 cm³/mol. The summed E-state index contributed by atoms with van der Waals surface area (Å²) in [4.78, 5) is 19.6. The van der Waals surface area contributed by atoms with E-state index in [9.17, 15) is 18.0 Å². The number of amides is 1. The minimum absolute atomic E-state index is 0.159. The fourth-order valence-electron chi connectivity index (χ4n) is 0.860. The first-order chi connectivity index (χ1) is 7.23. The van der Waals surface area contributed by atoms with Crippen molar-refractivity contribution >= 4 is 11.9 Å². The summed E-state index contributed by atoms with van der Waals surface area (Å²) in [5.74, 6) is -2.60. The number of carboxylic acid groups (broad SMARTS) is 1. The molecule has 0 aromatic heterocycles. The van der Waals surface area contributed by atoms with Crippen LogP contribution in [0.25, 0.3) is 0 Å². The van der Waals surface area contributed by atoms with Crippen molar-refractivity contribution in [1.29, 1.82) is 0 Å². The van der Waals surface area contributed by atoms with Gasteiger partial charge in [0.15, 0.2) is 0 Å². The van der Waals surface area contributed by atoms with E-state index in [4.69, 9.17) is 9.90 Å². The normalized spacial score (nSPS) is 21.2. The summed E-state index contributed by atoms with van der Waals surface area (Å²) in [6, 6.07) is 0.427. The van der Waals surface area contributed by atoms with Gasteiger partial charge in [-0.2, -0.15) is 13.2 Å². The molecule has 1 atom stereocenters. The zero-order valence-electron chi connectivity index (χ0n) is 8.60. The summed E-state index contributed by atoms with van der Waals surface area (Å²) < 4.78 is 31.7. The molecule has 1 aliphatic rings. The molecular formula is C8H13F3N2O3. The van der Waals surface area contributed by atoms with Crippen LogP contribution in [0.1, 0.15) is 13.3 Å². The van der Waals surface area contributed by atoms with Crippen LogP contribution >= 0.6 is 0 Å². The zero-order chi connectivity index (χ0) is 12.8. The molecule has 5 nitrogen and oxygen atoms in total. The first kappa shape index (κ1) is 14.7. The molecule has 0 aromatic rings. The fraction of sp³-hybridized carbons (Fsp3) is 0.750. The largest absolute Gasteiger partial charge is 0.490 e. The van der Waals surface area contributed by atoms with E-state index in [1.54, 1.807) is 0 Å². The van der Waals surface area contributed by atoms with Crippen molar-refractivity contribution in [1.82, 2.24) is 10.6 Å². The first-order valence-corrected chi connectivity index (χ1v) is 4.53. The van der Waals surface area contributed by atoms with E-state index < -0.39 is 12.1 Å². The number of rotatable bonds is 0. The molecule has 1 rings (SSSR count). The lowest BCUT2D eigenvalue weighted by Gasteiger charge is -2.06. The van der Waals surface area contributed by atoms with Crippen molar-refractivity contribution < 1.29 is 27.9 Å². The van der Waals surface area contributed by atoms with E-state index in [0.29, 0.717) is 12.5 Å². The smallest absolute Gasteiger partial charge is 0.475 e. The van der Waals surface area contributed by atoms with E-state index in [2.05, 4.69) is 17.6 Å². The Kier molecular flexibility index (Phi) is 5.79. The lowest BCUT2D eigenvalue weighted by molar-refractivity contribution is -0.192. The molecule has 1 aliphatic heterocycles. The predicted octanol–water partition coefficient (Wildman–Crippen LogP) is 0.118. The molecule has 1 unspecified atom stereocenters. The van der Waals surface area contributed by atoms with Crippen LogP contribution in [0.4, 0.5) is 13.2 Å². The van der Waals surface area contributed by atoms with Gasteiger partial charge in [0.25, 0.3) is 0 Å². The monoisotopic (exact) mass is 242 g/mol. The molecule has 3 N–H and O–H groups in total. The zero-order valence-corrected chi connectivity index (χ0v) is 8.60. The minimum Gasteiger partial charge on any atom is -0.475 e. The summed E-state index contributed by atoms with van der Waals surface area (Å²) in [6.45, 7) is 3.64. The molecule has 0 radical (unpaired) electrons. The van der Waals surface area contributed by atoms with Crippen molar-refractivity contribution in [3.63, 3.8) is 0 Å². The van der Waals surface area contributed by atoms with E-state index in [1.807, 2.05) is 0 Å². The summed E-state index contributed by atoms with van der Waals surface area (Å²) in [5.41, 5.74) is 0. The van der Waals surface area contributed by atoms with Gasteiger partial charge in [0.05, 0.1) is 0 Å². The molecular weight excluding hydrogens is 229 g/mol. The van der Waals surface area contributed by atoms with Crippen molar-refractivity contribution in [2.75, 3.05) is 13.1 Å². The maximum Gasteiger partial charge on any atom is 0.490 e. The molecule has 1 heterocycles. The van der Waals surface area contributed by atoms with Gasteiger partial charge in [-0.05, 0) is 6.92 Å². The van der Waals surface area contributed by atoms with E-state index in [-0.39, 0.29) is 5.91 Å². The Morgan fingerprint density at radius 1 is 1.50 bits per heavy atom. The average molecular weight is 242 g/mol. The number of halogens is 3. The standard InChI is InChI=1S/C6H12N2O.C2HF3O2/c1-5-4-8-6(9)2-3-7-5;3-2(4,5)1(6)7/h5,7H,2-4H2,1H3,(H,8,9);(H,6,7). The Labute approximate surface area is 90.0 Å². The SMILES string of the molecule is CC1CNC(=O)CCN1.O=C(O)C(F)(F)F. The summed E-state index contributed by atoms with van der Waals surface area (Å²) in [5, 5.41) is 13.1. The van der Waals surface area contributed by atoms with Crippen LogP contribution in [0.15, 0.2) is 0 Å². The second-order valence-corrected chi connectivity index (χ2v) is 3.21. The minimum atomic E-state index is -5.08. The number of carbonyl (C=O) groups is 2. The number of alkyl halides is 3. The lowest BCUT2D eigenvalue weighted by Crippen LogP contribution is -2.33. The molecule has 1 fully saturated rings. The molecule has 0 aromatic carbocycles. The van der Waals surface area contributed by atoms with Crippen LogP contribution < -0.4 is 10.6 Å². The highest BCUT2D eigenvalue weighted by molar-refractivity contribution is 5.76. The molecule has 0 saturated carbocycles. The molecule has 0 spiro atoms. The van der Waals surface area contributed by atoms with Crippen molar-refractivity contribution in [3.05, 3.63) is 0 Å². The third kappa shape index (κ3) is 7.04. The van der Waals surface area contributed by atoms with Gasteiger partial charge in [0, 0.05) is 25.6 Å². The number of carbonyl (C=O) groups excluding carboxylic acids is 1. The highest BCUT2D eigenvalue weighted by Crippen LogP contribution is 2.13. The van der Waals surface area contributed by atoms with Crippen molar-refractivity contribution in [3.8, 4) is 0 Å². The molecule has 8 heteroatoms. The quantitative estimate of drug-likeness (QED) is 0.563. The number of hydrogen-bond acceptors (Lipinski definition) is 3. The number of aliphatic carboxylic acids is 1. The summed E-state index contributed by atoms with van der Waals surface area (Å²) in [7, 11) is 0. The number of hydrogen-bond donors (Lipinski definition) is 3.